The van der Waals surface area contributed by atoms with E-state index in [9.17, 15) is 9.59 Å². The van der Waals surface area contributed by atoms with Crippen LogP contribution in [0.3, 0.4) is 0 Å². The number of unbranched alkanes of at least 4 members (excludes halogenated alkanes) is 3. The van der Waals surface area contributed by atoms with Crippen molar-refractivity contribution in [1.82, 2.24) is 10.6 Å². The number of aliphatic hydroxyl groups excluding tert-OH is 1. The van der Waals surface area contributed by atoms with Crippen molar-refractivity contribution < 1.29 is 14.7 Å². The second kappa shape index (κ2) is 10.4. The fraction of sp³-hybridized carbons (Fsp3) is 0.571. The van der Waals surface area contributed by atoms with Gasteiger partial charge in [-0.15, -0.1) is 0 Å². The van der Waals surface area contributed by atoms with Gasteiger partial charge in [-0.1, -0.05) is 12.8 Å². The Morgan fingerprint density at radius 2 is 1.90 bits per heavy atom. The summed E-state index contributed by atoms with van der Waals surface area (Å²) in [5.74, 6) is -0.180. The first-order valence-corrected chi connectivity index (χ1v) is 7.86. The van der Waals surface area contributed by atoms with Gasteiger partial charge in [0.05, 0.1) is 0 Å². The Morgan fingerprint density at radius 1 is 1.10 bits per heavy atom. The van der Waals surface area contributed by atoms with Gasteiger partial charge < -0.3 is 15.7 Å². The first-order chi connectivity index (χ1) is 9.74. The molecule has 0 atom stereocenters. The molecule has 0 saturated heterocycles. The Hall–Kier alpha value is -1.40. The smallest absolute Gasteiger partial charge is 0.252 e. The molecule has 112 valence electrons. The van der Waals surface area contributed by atoms with Crippen LogP contribution in [0, 0.1) is 0 Å². The average Bonchev–Trinajstić information content (AvgIpc) is 2.96. The third-order valence-electron chi connectivity index (χ3n) is 2.83. The van der Waals surface area contributed by atoms with Crippen LogP contribution < -0.4 is 10.6 Å². The van der Waals surface area contributed by atoms with Crippen LogP contribution >= 0.6 is 11.3 Å². The van der Waals surface area contributed by atoms with Crippen molar-refractivity contribution in [2.75, 3.05) is 19.7 Å². The van der Waals surface area contributed by atoms with Crippen LogP contribution in [0.1, 0.15) is 42.5 Å². The van der Waals surface area contributed by atoms with Gasteiger partial charge in [0, 0.05) is 37.1 Å². The maximum atomic E-state index is 11.6. The van der Waals surface area contributed by atoms with Crippen molar-refractivity contribution in [3.8, 4) is 0 Å². The summed E-state index contributed by atoms with van der Waals surface area (Å²) < 4.78 is 0. The highest BCUT2D eigenvalue weighted by atomic mass is 32.1. The highest BCUT2D eigenvalue weighted by Gasteiger charge is 2.06. The van der Waals surface area contributed by atoms with Crippen LogP contribution in [0.5, 0.6) is 0 Å². The number of hydrogen-bond donors (Lipinski definition) is 3. The van der Waals surface area contributed by atoms with Crippen molar-refractivity contribution in [1.29, 1.82) is 0 Å². The van der Waals surface area contributed by atoms with E-state index in [1.54, 1.807) is 11.4 Å². The monoisotopic (exact) mass is 298 g/mol. The van der Waals surface area contributed by atoms with Crippen LogP contribution in [-0.2, 0) is 4.79 Å². The van der Waals surface area contributed by atoms with Crippen molar-refractivity contribution in [3.05, 3.63) is 22.4 Å². The second-order valence-electron chi connectivity index (χ2n) is 4.51. The summed E-state index contributed by atoms with van der Waals surface area (Å²) in [4.78, 5) is 23.1. The van der Waals surface area contributed by atoms with Gasteiger partial charge in [0.25, 0.3) is 5.91 Å². The van der Waals surface area contributed by atoms with Gasteiger partial charge in [-0.2, -0.15) is 11.3 Å². The van der Waals surface area contributed by atoms with Crippen LogP contribution in [0.2, 0.25) is 0 Å². The first-order valence-electron chi connectivity index (χ1n) is 6.92. The Bertz CT molecular complexity index is 393. The highest BCUT2D eigenvalue weighted by molar-refractivity contribution is 7.08. The molecule has 2 amide bonds. The van der Waals surface area contributed by atoms with Crippen LogP contribution in [-0.4, -0.2) is 36.6 Å². The zero-order valence-electron chi connectivity index (χ0n) is 11.6. The third kappa shape index (κ3) is 7.25. The first kappa shape index (κ1) is 16.7. The molecule has 0 radical (unpaired) electrons. The molecule has 3 N–H and O–H groups in total. The van der Waals surface area contributed by atoms with Crippen molar-refractivity contribution in [2.45, 2.75) is 32.1 Å². The van der Waals surface area contributed by atoms with Crippen LogP contribution in [0.4, 0.5) is 0 Å². The maximum Gasteiger partial charge on any atom is 0.252 e. The van der Waals surface area contributed by atoms with Gasteiger partial charge in [0.1, 0.15) is 0 Å². The van der Waals surface area contributed by atoms with E-state index in [1.165, 1.54) is 11.3 Å². The summed E-state index contributed by atoms with van der Waals surface area (Å²) in [5, 5.41) is 17.8. The number of rotatable bonds is 10. The molecule has 0 spiro atoms. The minimum atomic E-state index is -0.136. The van der Waals surface area contributed by atoms with E-state index in [0.717, 1.165) is 25.7 Å². The summed E-state index contributed by atoms with van der Waals surface area (Å²) in [6.45, 7) is 1.24. The van der Waals surface area contributed by atoms with Gasteiger partial charge in [0.15, 0.2) is 0 Å². The van der Waals surface area contributed by atoms with Crippen molar-refractivity contribution >= 4 is 23.2 Å². The van der Waals surface area contributed by atoms with E-state index in [2.05, 4.69) is 10.6 Å². The topological polar surface area (TPSA) is 78.4 Å². The lowest BCUT2D eigenvalue weighted by atomic mass is 10.2. The minimum absolute atomic E-state index is 0.0437. The maximum absolute atomic E-state index is 11.6. The molecule has 0 fully saturated rings. The summed E-state index contributed by atoms with van der Waals surface area (Å²) >= 11 is 1.47. The predicted molar refractivity (Wildman–Crippen MR) is 79.8 cm³/mol. The van der Waals surface area contributed by atoms with Crippen molar-refractivity contribution in [3.63, 3.8) is 0 Å². The van der Waals surface area contributed by atoms with E-state index in [-0.39, 0.29) is 18.4 Å². The summed E-state index contributed by atoms with van der Waals surface area (Å²) in [6.07, 6.45) is 4.04. The molecule has 0 aromatic carbocycles. The Morgan fingerprint density at radius 3 is 2.60 bits per heavy atom. The molecule has 0 aliphatic carbocycles. The summed E-state index contributed by atoms with van der Waals surface area (Å²) in [6, 6.07) is 1.76. The number of aliphatic hydroxyl groups is 1. The lowest BCUT2D eigenvalue weighted by molar-refractivity contribution is -0.120. The molecular weight excluding hydrogens is 276 g/mol. The summed E-state index contributed by atoms with van der Waals surface area (Å²) in [7, 11) is 0. The molecule has 0 bridgehead atoms. The zero-order chi connectivity index (χ0) is 14.6. The SMILES string of the molecule is O=C(CCNC(=O)c1ccsc1)NCCCCCCO. The van der Waals surface area contributed by atoms with Crippen LogP contribution in [0.15, 0.2) is 16.8 Å². The molecule has 20 heavy (non-hydrogen) atoms. The van der Waals surface area contributed by atoms with Gasteiger partial charge in [0.2, 0.25) is 5.91 Å². The van der Waals surface area contributed by atoms with Gasteiger partial charge >= 0.3 is 0 Å². The van der Waals surface area contributed by atoms with Gasteiger partial charge in [-0.3, -0.25) is 9.59 Å². The van der Waals surface area contributed by atoms with E-state index < -0.39 is 0 Å². The quantitative estimate of drug-likeness (QED) is 0.573. The van der Waals surface area contributed by atoms with E-state index >= 15 is 0 Å². The molecule has 1 heterocycles. The number of hydrogen-bond acceptors (Lipinski definition) is 4. The van der Waals surface area contributed by atoms with Gasteiger partial charge in [-0.05, 0) is 24.3 Å². The highest BCUT2D eigenvalue weighted by Crippen LogP contribution is 2.05. The number of nitrogens with one attached hydrogen (secondary N) is 2. The molecular formula is C14H22N2O3S. The van der Waals surface area contributed by atoms with E-state index in [4.69, 9.17) is 5.11 Å². The number of thiophene rings is 1. The largest absolute Gasteiger partial charge is 0.396 e. The van der Waals surface area contributed by atoms with Crippen molar-refractivity contribution in [2.24, 2.45) is 0 Å². The normalized spacial score (nSPS) is 10.2. The average molecular weight is 298 g/mol. The Balaban J connectivity index is 1.99. The lowest BCUT2D eigenvalue weighted by Gasteiger charge is -2.06. The molecule has 1 aromatic rings. The third-order valence-corrected chi connectivity index (χ3v) is 3.51. The van der Waals surface area contributed by atoms with E-state index in [1.807, 2.05) is 5.38 Å². The molecule has 1 rings (SSSR count). The predicted octanol–water partition coefficient (Wildman–Crippen LogP) is 1.54. The summed E-state index contributed by atoms with van der Waals surface area (Å²) in [5.41, 5.74) is 0.638. The standard InChI is InChI=1S/C14H22N2O3S/c17-9-4-2-1-3-7-15-13(18)5-8-16-14(19)12-6-10-20-11-12/h6,10-11,17H,1-5,7-9H2,(H,15,18)(H,16,19). The fourth-order valence-corrected chi connectivity index (χ4v) is 2.33. The zero-order valence-corrected chi connectivity index (χ0v) is 12.4. The van der Waals surface area contributed by atoms with Gasteiger partial charge in [-0.25, -0.2) is 0 Å². The lowest BCUT2D eigenvalue weighted by Crippen LogP contribution is -2.31. The molecule has 0 saturated carbocycles. The fourth-order valence-electron chi connectivity index (χ4n) is 1.69. The number of amides is 2. The number of carbonyl (C=O) groups excluding carboxylic acids is 2. The molecule has 0 aliphatic heterocycles. The minimum Gasteiger partial charge on any atom is -0.396 e. The Labute approximate surface area is 123 Å². The molecule has 0 aliphatic rings. The Kier molecular flexibility index (Phi) is 8.66. The molecule has 6 heteroatoms. The van der Waals surface area contributed by atoms with Crippen LogP contribution in [0.25, 0.3) is 0 Å². The second-order valence-corrected chi connectivity index (χ2v) is 5.29. The number of carbonyl (C=O) groups is 2. The molecule has 0 unspecified atom stereocenters. The molecule has 5 nitrogen and oxygen atoms in total. The molecule has 1 aromatic heterocycles. The van der Waals surface area contributed by atoms with E-state index in [0.29, 0.717) is 25.1 Å².